The van der Waals surface area contributed by atoms with Crippen LogP contribution < -0.4 is 10.6 Å². The summed E-state index contributed by atoms with van der Waals surface area (Å²) in [5.74, 6) is -1.11. The largest absolute Gasteiger partial charge is 0.481 e. The molecule has 2 amide bonds. The van der Waals surface area contributed by atoms with Gasteiger partial charge in [-0.15, -0.1) is 0 Å². The van der Waals surface area contributed by atoms with Gasteiger partial charge in [-0.05, 0) is 19.3 Å². The molecule has 0 radical (unpaired) electrons. The number of aliphatic carboxylic acids is 1. The van der Waals surface area contributed by atoms with Gasteiger partial charge in [0.2, 0.25) is 0 Å². The minimum absolute atomic E-state index is 0.0463. The van der Waals surface area contributed by atoms with Gasteiger partial charge < -0.3 is 15.7 Å². The highest BCUT2D eigenvalue weighted by molar-refractivity contribution is 5.75. The molecule has 0 bridgehead atoms. The van der Waals surface area contributed by atoms with E-state index in [-0.39, 0.29) is 18.0 Å². The summed E-state index contributed by atoms with van der Waals surface area (Å²) in [5.41, 5.74) is 0.924. The van der Waals surface area contributed by atoms with Crippen LogP contribution in [0.3, 0.4) is 0 Å². The molecule has 1 saturated carbocycles. The number of amides is 2. The molecular weight excluding hydrogens is 248 g/mol. The Bertz CT molecular complexity index is 471. The summed E-state index contributed by atoms with van der Waals surface area (Å²) in [5, 5.41) is 18.4. The van der Waals surface area contributed by atoms with Crippen LogP contribution in [0.15, 0.2) is 12.4 Å². The first-order valence-corrected chi connectivity index (χ1v) is 6.29. The number of urea groups is 1. The molecule has 1 fully saturated rings. The van der Waals surface area contributed by atoms with E-state index in [9.17, 15) is 9.59 Å². The lowest BCUT2D eigenvalue weighted by Gasteiger charge is -2.12. The van der Waals surface area contributed by atoms with Crippen LogP contribution >= 0.6 is 0 Å². The summed E-state index contributed by atoms with van der Waals surface area (Å²) in [6.45, 7) is 0.411. The van der Waals surface area contributed by atoms with Gasteiger partial charge in [0.05, 0.1) is 12.1 Å². The van der Waals surface area contributed by atoms with E-state index in [4.69, 9.17) is 5.11 Å². The van der Waals surface area contributed by atoms with Crippen molar-refractivity contribution in [2.24, 2.45) is 13.0 Å². The molecule has 1 aliphatic rings. The third-order valence-corrected chi connectivity index (χ3v) is 3.33. The Kier molecular flexibility index (Phi) is 4.03. The zero-order chi connectivity index (χ0) is 13.8. The Labute approximate surface area is 111 Å². The summed E-state index contributed by atoms with van der Waals surface area (Å²) >= 11 is 0. The molecule has 104 valence electrons. The van der Waals surface area contributed by atoms with E-state index in [1.54, 1.807) is 10.9 Å². The molecule has 0 saturated heterocycles. The maximum Gasteiger partial charge on any atom is 0.315 e. The van der Waals surface area contributed by atoms with Gasteiger partial charge in [-0.2, -0.15) is 5.10 Å². The fourth-order valence-corrected chi connectivity index (χ4v) is 2.32. The third kappa shape index (κ3) is 3.70. The van der Waals surface area contributed by atoms with Crippen molar-refractivity contribution in [3.8, 4) is 0 Å². The maximum absolute atomic E-state index is 11.7. The summed E-state index contributed by atoms with van der Waals surface area (Å²) in [6.07, 6.45) is 5.38. The highest BCUT2D eigenvalue weighted by atomic mass is 16.4. The lowest BCUT2D eigenvalue weighted by atomic mass is 10.1. The van der Waals surface area contributed by atoms with Gasteiger partial charge in [-0.1, -0.05) is 0 Å². The van der Waals surface area contributed by atoms with Crippen molar-refractivity contribution in [3.05, 3.63) is 18.0 Å². The number of nitrogens with zero attached hydrogens (tertiary/aromatic N) is 2. The van der Waals surface area contributed by atoms with E-state index in [1.165, 1.54) is 0 Å². The number of hydrogen-bond donors (Lipinski definition) is 3. The van der Waals surface area contributed by atoms with Crippen molar-refractivity contribution in [2.75, 3.05) is 0 Å². The Hall–Kier alpha value is -2.05. The smallest absolute Gasteiger partial charge is 0.315 e. The van der Waals surface area contributed by atoms with Crippen LogP contribution in [0.2, 0.25) is 0 Å². The van der Waals surface area contributed by atoms with Gasteiger partial charge in [0.1, 0.15) is 0 Å². The molecule has 1 aromatic rings. The van der Waals surface area contributed by atoms with Crippen molar-refractivity contribution in [3.63, 3.8) is 0 Å². The number of aryl methyl sites for hydroxylation is 1. The molecule has 7 nitrogen and oxygen atoms in total. The fourth-order valence-electron chi connectivity index (χ4n) is 2.32. The van der Waals surface area contributed by atoms with Gasteiger partial charge in [-0.3, -0.25) is 9.48 Å². The number of hydrogen-bond acceptors (Lipinski definition) is 3. The molecule has 2 atom stereocenters. The van der Waals surface area contributed by atoms with Gasteiger partial charge in [-0.25, -0.2) is 4.79 Å². The van der Waals surface area contributed by atoms with Crippen LogP contribution in [-0.4, -0.2) is 32.9 Å². The first-order chi connectivity index (χ1) is 9.04. The summed E-state index contributed by atoms with van der Waals surface area (Å²) < 4.78 is 1.67. The van der Waals surface area contributed by atoms with Crippen molar-refractivity contribution in [1.29, 1.82) is 0 Å². The number of carbonyl (C=O) groups is 2. The minimum atomic E-state index is -0.778. The SMILES string of the molecule is Cn1cc(CNC(=O)N[C@H]2CC[C@@H](C(=O)O)C2)cn1. The summed E-state index contributed by atoms with van der Waals surface area (Å²) in [7, 11) is 1.81. The molecule has 0 aliphatic heterocycles. The maximum atomic E-state index is 11.7. The minimum Gasteiger partial charge on any atom is -0.481 e. The number of rotatable bonds is 4. The lowest BCUT2D eigenvalue weighted by Crippen LogP contribution is -2.40. The highest BCUT2D eigenvalue weighted by Gasteiger charge is 2.30. The van der Waals surface area contributed by atoms with Crippen LogP contribution in [0.1, 0.15) is 24.8 Å². The quantitative estimate of drug-likeness (QED) is 0.738. The molecule has 1 heterocycles. The molecule has 1 aromatic heterocycles. The third-order valence-electron chi connectivity index (χ3n) is 3.33. The molecule has 19 heavy (non-hydrogen) atoms. The van der Waals surface area contributed by atoms with Crippen LogP contribution in [-0.2, 0) is 18.4 Å². The van der Waals surface area contributed by atoms with Crippen LogP contribution in [0, 0.1) is 5.92 Å². The average molecular weight is 266 g/mol. The molecule has 1 aliphatic carbocycles. The van der Waals surface area contributed by atoms with E-state index in [2.05, 4.69) is 15.7 Å². The van der Waals surface area contributed by atoms with Crippen molar-refractivity contribution < 1.29 is 14.7 Å². The second-order valence-corrected chi connectivity index (χ2v) is 4.89. The predicted molar refractivity (Wildman–Crippen MR) is 67.3 cm³/mol. The van der Waals surface area contributed by atoms with E-state index in [1.807, 2.05) is 13.2 Å². The van der Waals surface area contributed by atoms with E-state index < -0.39 is 5.97 Å². The summed E-state index contributed by atoms with van der Waals surface area (Å²) in [6, 6.07) is -0.310. The Morgan fingerprint density at radius 2 is 2.32 bits per heavy atom. The van der Waals surface area contributed by atoms with Crippen molar-refractivity contribution in [2.45, 2.75) is 31.8 Å². The Morgan fingerprint density at radius 3 is 2.89 bits per heavy atom. The van der Waals surface area contributed by atoms with E-state index in [0.717, 1.165) is 12.0 Å². The molecule has 0 aromatic carbocycles. The zero-order valence-electron chi connectivity index (χ0n) is 10.8. The normalized spacial score (nSPS) is 22.2. The van der Waals surface area contributed by atoms with Crippen LogP contribution in [0.5, 0.6) is 0 Å². The monoisotopic (exact) mass is 266 g/mol. The van der Waals surface area contributed by atoms with Gasteiger partial charge in [0.15, 0.2) is 0 Å². The second-order valence-electron chi connectivity index (χ2n) is 4.89. The van der Waals surface area contributed by atoms with Gasteiger partial charge >= 0.3 is 12.0 Å². The molecule has 3 N–H and O–H groups in total. The average Bonchev–Trinajstić information content (AvgIpc) is 2.96. The number of carbonyl (C=O) groups excluding carboxylic acids is 1. The molecule has 0 unspecified atom stereocenters. The number of carboxylic acids is 1. The molecular formula is C12H18N4O3. The zero-order valence-corrected chi connectivity index (χ0v) is 10.8. The molecule has 0 spiro atoms. The van der Waals surface area contributed by atoms with E-state index >= 15 is 0 Å². The van der Waals surface area contributed by atoms with Gasteiger partial charge in [0, 0.05) is 31.4 Å². The first-order valence-electron chi connectivity index (χ1n) is 6.29. The van der Waals surface area contributed by atoms with Crippen LogP contribution in [0.25, 0.3) is 0 Å². The number of nitrogens with one attached hydrogen (secondary N) is 2. The second kappa shape index (κ2) is 5.73. The topological polar surface area (TPSA) is 96.2 Å². The van der Waals surface area contributed by atoms with Crippen molar-refractivity contribution in [1.82, 2.24) is 20.4 Å². The van der Waals surface area contributed by atoms with Crippen molar-refractivity contribution >= 4 is 12.0 Å². The van der Waals surface area contributed by atoms with Gasteiger partial charge in [0.25, 0.3) is 0 Å². The lowest BCUT2D eigenvalue weighted by molar-refractivity contribution is -0.141. The van der Waals surface area contributed by atoms with Crippen LogP contribution in [0.4, 0.5) is 4.79 Å². The Morgan fingerprint density at radius 1 is 1.53 bits per heavy atom. The number of aromatic nitrogens is 2. The predicted octanol–water partition coefficient (Wildman–Crippen LogP) is 0.473. The van der Waals surface area contributed by atoms with E-state index in [0.29, 0.717) is 19.4 Å². The Balaban J connectivity index is 1.72. The standard InChI is InChI=1S/C12H18N4O3/c1-16-7-8(6-14-16)5-13-12(19)15-10-3-2-9(4-10)11(17)18/h6-7,9-10H,2-5H2,1H3,(H,17,18)(H2,13,15,19)/t9-,10+/m1/s1. The fraction of sp³-hybridized carbons (Fsp3) is 0.583. The summed E-state index contributed by atoms with van der Waals surface area (Å²) in [4.78, 5) is 22.5. The highest BCUT2D eigenvalue weighted by Crippen LogP contribution is 2.25. The first kappa shape index (κ1) is 13.4. The molecule has 7 heteroatoms. The number of carboxylic acid groups (broad SMARTS) is 1. The molecule has 2 rings (SSSR count).